The van der Waals surface area contributed by atoms with Gasteiger partial charge in [0.1, 0.15) is 11.6 Å². The molecule has 2 aromatic carbocycles. The third-order valence-corrected chi connectivity index (χ3v) is 5.79. The topological polar surface area (TPSA) is 54.9 Å². The van der Waals surface area contributed by atoms with Gasteiger partial charge < -0.3 is 20.1 Å². The Morgan fingerprint density at radius 1 is 1.17 bits per heavy atom. The zero-order valence-electron chi connectivity index (χ0n) is 18.1. The van der Waals surface area contributed by atoms with Gasteiger partial charge in [0, 0.05) is 44.3 Å². The molecule has 6 heteroatoms. The minimum absolute atomic E-state index is 0.0875. The first-order valence-electron chi connectivity index (χ1n) is 10.5. The van der Waals surface area contributed by atoms with Crippen LogP contribution in [0.3, 0.4) is 0 Å². The maximum absolute atomic E-state index is 13.4. The molecule has 0 unspecified atom stereocenters. The minimum Gasteiger partial charge on any atom is -0.496 e. The van der Waals surface area contributed by atoms with E-state index in [0.29, 0.717) is 6.54 Å². The van der Waals surface area contributed by atoms with E-state index in [2.05, 4.69) is 34.7 Å². The summed E-state index contributed by atoms with van der Waals surface area (Å²) in [7, 11) is 3.49. The fourth-order valence-corrected chi connectivity index (χ4v) is 4.03. The van der Waals surface area contributed by atoms with Crippen molar-refractivity contribution < 1.29 is 13.9 Å². The van der Waals surface area contributed by atoms with Gasteiger partial charge in [-0.05, 0) is 49.9 Å². The number of methoxy groups -OCH3 is 1. The van der Waals surface area contributed by atoms with Crippen molar-refractivity contribution in [2.75, 3.05) is 40.5 Å². The maximum atomic E-state index is 13.4. The molecule has 0 radical (unpaired) electrons. The molecule has 0 atom stereocenters. The van der Waals surface area contributed by atoms with Crippen LogP contribution in [-0.4, -0.2) is 46.4 Å². The molecule has 1 aliphatic heterocycles. The lowest BCUT2D eigenvalue weighted by molar-refractivity contribution is 0.0505. The van der Waals surface area contributed by atoms with Gasteiger partial charge in [-0.15, -0.1) is 0 Å². The second-order valence-corrected chi connectivity index (χ2v) is 7.83. The number of halogens is 1. The van der Waals surface area contributed by atoms with Crippen LogP contribution in [0.5, 0.6) is 5.75 Å². The van der Waals surface area contributed by atoms with E-state index in [-0.39, 0.29) is 11.2 Å². The number of ether oxygens (including phenoxy) is 2. The molecule has 0 aliphatic carbocycles. The Morgan fingerprint density at radius 2 is 1.97 bits per heavy atom. The van der Waals surface area contributed by atoms with Crippen LogP contribution >= 0.6 is 0 Å². The van der Waals surface area contributed by atoms with Crippen molar-refractivity contribution in [3.05, 3.63) is 65.0 Å². The summed E-state index contributed by atoms with van der Waals surface area (Å²) in [6, 6.07) is 13.1. The molecule has 1 fully saturated rings. The summed E-state index contributed by atoms with van der Waals surface area (Å²) >= 11 is 0. The molecule has 0 amide bonds. The first kappa shape index (κ1) is 22.1. The summed E-state index contributed by atoms with van der Waals surface area (Å²) in [5, 5.41) is 6.84. The summed E-state index contributed by atoms with van der Waals surface area (Å²) in [6.45, 7) is 4.97. The van der Waals surface area contributed by atoms with Crippen LogP contribution in [0.15, 0.2) is 47.5 Å². The quantitative estimate of drug-likeness (QED) is 0.538. The van der Waals surface area contributed by atoms with Gasteiger partial charge in [-0.3, -0.25) is 4.99 Å². The lowest BCUT2D eigenvalue weighted by atomic mass is 9.73. The molecule has 2 N–H and O–H groups in total. The largest absolute Gasteiger partial charge is 0.496 e. The number of guanidine groups is 1. The fourth-order valence-electron chi connectivity index (χ4n) is 4.03. The van der Waals surface area contributed by atoms with Crippen molar-refractivity contribution in [1.82, 2.24) is 10.6 Å². The Bertz CT molecular complexity index is 863. The highest BCUT2D eigenvalue weighted by Gasteiger charge is 2.37. The van der Waals surface area contributed by atoms with Crippen LogP contribution in [0.1, 0.15) is 29.5 Å². The molecule has 2 aromatic rings. The monoisotopic (exact) mass is 413 g/mol. The first-order chi connectivity index (χ1) is 14.6. The molecule has 30 heavy (non-hydrogen) atoms. The summed E-state index contributed by atoms with van der Waals surface area (Å²) in [5.41, 5.74) is 3.31. The number of rotatable bonds is 7. The minimum atomic E-state index is -0.205. The van der Waals surface area contributed by atoms with E-state index in [9.17, 15) is 4.39 Å². The highest BCUT2D eigenvalue weighted by atomic mass is 19.1. The Balaban J connectivity index is 1.67. The van der Waals surface area contributed by atoms with Gasteiger partial charge in [0.2, 0.25) is 0 Å². The van der Waals surface area contributed by atoms with Crippen LogP contribution < -0.4 is 15.4 Å². The smallest absolute Gasteiger partial charge is 0.191 e. The lowest BCUT2D eigenvalue weighted by Gasteiger charge is -2.39. The van der Waals surface area contributed by atoms with Crippen molar-refractivity contribution in [2.45, 2.75) is 31.6 Å². The molecule has 1 aliphatic rings. The van der Waals surface area contributed by atoms with E-state index >= 15 is 0 Å². The lowest BCUT2D eigenvalue weighted by Crippen LogP contribution is -2.48. The molecule has 162 valence electrons. The van der Waals surface area contributed by atoms with Crippen molar-refractivity contribution in [3.63, 3.8) is 0 Å². The zero-order chi connectivity index (χ0) is 21.4. The number of benzene rings is 2. The predicted octanol–water partition coefficient (Wildman–Crippen LogP) is 3.60. The zero-order valence-corrected chi connectivity index (χ0v) is 18.1. The standard InChI is InChI=1S/C24H32FN3O2/c1-18-7-8-22(29-3)21(15-18)24(10-13-30-14-11-24)17-28-23(26-2)27-12-9-19-5-4-6-20(25)16-19/h4-8,15-16H,9-14,17H2,1-3H3,(H2,26,27,28). The number of nitrogens with one attached hydrogen (secondary N) is 2. The van der Waals surface area contributed by atoms with Gasteiger partial charge in [0.25, 0.3) is 0 Å². The van der Waals surface area contributed by atoms with Gasteiger partial charge in [0.05, 0.1) is 7.11 Å². The third kappa shape index (κ3) is 5.51. The molecule has 0 bridgehead atoms. The van der Waals surface area contributed by atoms with Gasteiger partial charge >= 0.3 is 0 Å². The van der Waals surface area contributed by atoms with Gasteiger partial charge in [-0.1, -0.05) is 29.8 Å². The third-order valence-electron chi connectivity index (χ3n) is 5.79. The Hall–Kier alpha value is -2.60. The van der Waals surface area contributed by atoms with E-state index in [0.717, 1.165) is 56.3 Å². The Morgan fingerprint density at radius 3 is 2.67 bits per heavy atom. The molecule has 0 spiro atoms. The number of nitrogens with zero attached hydrogens (tertiary/aromatic N) is 1. The van der Waals surface area contributed by atoms with Crippen molar-refractivity contribution >= 4 is 5.96 Å². The molecule has 0 aromatic heterocycles. The van der Waals surface area contributed by atoms with E-state index in [4.69, 9.17) is 9.47 Å². The van der Waals surface area contributed by atoms with E-state index < -0.39 is 0 Å². The van der Waals surface area contributed by atoms with Crippen molar-refractivity contribution in [3.8, 4) is 5.75 Å². The van der Waals surface area contributed by atoms with Gasteiger partial charge in [0.15, 0.2) is 5.96 Å². The number of hydrogen-bond acceptors (Lipinski definition) is 3. The van der Waals surface area contributed by atoms with E-state index in [1.807, 2.05) is 12.1 Å². The van der Waals surface area contributed by atoms with Crippen LogP contribution in [0.2, 0.25) is 0 Å². The molecule has 1 heterocycles. The fraction of sp³-hybridized carbons (Fsp3) is 0.458. The van der Waals surface area contributed by atoms with Gasteiger partial charge in [-0.25, -0.2) is 4.39 Å². The van der Waals surface area contributed by atoms with Crippen LogP contribution in [-0.2, 0) is 16.6 Å². The van der Waals surface area contributed by atoms with E-state index in [1.165, 1.54) is 17.2 Å². The molecule has 5 nitrogen and oxygen atoms in total. The first-order valence-corrected chi connectivity index (χ1v) is 10.5. The molecule has 3 rings (SSSR count). The molecular weight excluding hydrogens is 381 g/mol. The average Bonchev–Trinajstić information content (AvgIpc) is 2.77. The molecule has 1 saturated heterocycles. The number of aliphatic imine (C=N–C) groups is 1. The molecular formula is C24H32FN3O2. The summed E-state index contributed by atoms with van der Waals surface area (Å²) < 4.78 is 24.7. The summed E-state index contributed by atoms with van der Waals surface area (Å²) in [4.78, 5) is 4.36. The molecule has 0 saturated carbocycles. The summed E-state index contributed by atoms with van der Waals surface area (Å²) in [5.74, 6) is 1.45. The second-order valence-electron chi connectivity index (χ2n) is 7.83. The van der Waals surface area contributed by atoms with Crippen LogP contribution in [0, 0.1) is 12.7 Å². The number of aryl methyl sites for hydroxylation is 1. The van der Waals surface area contributed by atoms with Crippen LogP contribution in [0.4, 0.5) is 4.39 Å². The second kappa shape index (κ2) is 10.4. The van der Waals surface area contributed by atoms with Gasteiger partial charge in [-0.2, -0.15) is 0 Å². The predicted molar refractivity (Wildman–Crippen MR) is 119 cm³/mol. The highest BCUT2D eigenvalue weighted by molar-refractivity contribution is 5.79. The Labute approximate surface area is 178 Å². The number of hydrogen-bond donors (Lipinski definition) is 2. The van der Waals surface area contributed by atoms with Crippen molar-refractivity contribution in [2.24, 2.45) is 4.99 Å². The SMILES string of the molecule is CN=C(NCCc1cccc(F)c1)NCC1(c2cc(C)ccc2OC)CCOCC1. The van der Waals surface area contributed by atoms with Crippen LogP contribution in [0.25, 0.3) is 0 Å². The Kier molecular flexibility index (Phi) is 7.69. The normalized spacial score (nSPS) is 16.2. The van der Waals surface area contributed by atoms with E-state index in [1.54, 1.807) is 26.3 Å². The summed E-state index contributed by atoms with van der Waals surface area (Å²) in [6.07, 6.45) is 2.56. The van der Waals surface area contributed by atoms with Crippen molar-refractivity contribution in [1.29, 1.82) is 0 Å². The maximum Gasteiger partial charge on any atom is 0.191 e. The average molecular weight is 414 g/mol. The highest BCUT2D eigenvalue weighted by Crippen LogP contribution is 2.40.